The Morgan fingerprint density at radius 1 is 1.07 bits per heavy atom. The van der Waals surface area contributed by atoms with E-state index in [1.165, 1.54) is 25.7 Å². The third-order valence-electron chi connectivity index (χ3n) is 2.96. The summed E-state index contributed by atoms with van der Waals surface area (Å²) in [7, 11) is 0. The first-order valence-electron chi connectivity index (χ1n) is 6.07. The molecule has 0 aromatic heterocycles. The Morgan fingerprint density at radius 2 is 1.64 bits per heavy atom. The van der Waals surface area contributed by atoms with E-state index in [4.69, 9.17) is 5.73 Å². The van der Waals surface area contributed by atoms with Crippen LogP contribution in [0.25, 0.3) is 0 Å². The molecule has 0 spiro atoms. The predicted octanol–water partition coefficient (Wildman–Crippen LogP) is 3.82. The smallest absolute Gasteiger partial charge is 0.00747 e. The molecule has 0 aliphatic rings. The Balaban J connectivity index is 3.81. The van der Waals surface area contributed by atoms with Gasteiger partial charge in [0.05, 0.1) is 0 Å². The average molecular weight is 199 g/mol. The minimum absolute atomic E-state index is 0.499. The summed E-state index contributed by atoms with van der Waals surface area (Å²) in [6, 6.07) is 0. The zero-order valence-corrected chi connectivity index (χ0v) is 10.8. The summed E-state index contributed by atoms with van der Waals surface area (Å²) in [5.74, 6) is 1.61. The van der Waals surface area contributed by atoms with Crippen molar-refractivity contribution in [3.63, 3.8) is 0 Å². The van der Waals surface area contributed by atoms with E-state index in [-0.39, 0.29) is 0 Å². The van der Waals surface area contributed by atoms with Crippen LogP contribution in [0, 0.1) is 17.3 Å². The van der Waals surface area contributed by atoms with Crippen LogP contribution in [-0.4, -0.2) is 6.54 Å². The lowest BCUT2D eigenvalue weighted by Crippen LogP contribution is -2.18. The highest BCUT2D eigenvalue weighted by Gasteiger charge is 2.20. The molecular formula is C13H29N. The Morgan fingerprint density at radius 3 is 2.07 bits per heavy atom. The van der Waals surface area contributed by atoms with Crippen LogP contribution >= 0.6 is 0 Å². The fourth-order valence-corrected chi connectivity index (χ4v) is 2.11. The van der Waals surface area contributed by atoms with Crippen LogP contribution in [-0.2, 0) is 0 Å². The normalized spacial score (nSPS) is 14.8. The zero-order valence-electron chi connectivity index (χ0n) is 10.8. The summed E-state index contributed by atoms with van der Waals surface area (Å²) < 4.78 is 0. The average Bonchev–Trinajstić information content (AvgIpc) is 2.00. The lowest BCUT2D eigenvalue weighted by molar-refractivity contribution is 0.234. The highest BCUT2D eigenvalue weighted by Crippen LogP contribution is 2.32. The first kappa shape index (κ1) is 14.0. The molecular weight excluding hydrogens is 170 g/mol. The Bertz CT molecular complexity index is 138. The highest BCUT2D eigenvalue weighted by atomic mass is 14.5. The minimum Gasteiger partial charge on any atom is -0.330 e. The molecule has 0 aliphatic heterocycles. The van der Waals surface area contributed by atoms with Crippen molar-refractivity contribution in [2.75, 3.05) is 6.54 Å². The molecule has 2 N–H and O–H groups in total. The van der Waals surface area contributed by atoms with Gasteiger partial charge in [-0.1, -0.05) is 41.0 Å². The predicted molar refractivity (Wildman–Crippen MR) is 65.3 cm³/mol. The second-order valence-corrected chi connectivity index (χ2v) is 5.98. The van der Waals surface area contributed by atoms with Gasteiger partial charge in [-0.25, -0.2) is 0 Å². The fourth-order valence-electron chi connectivity index (χ4n) is 2.11. The maximum Gasteiger partial charge on any atom is -0.00747 e. The molecule has 0 aromatic carbocycles. The van der Waals surface area contributed by atoms with Crippen molar-refractivity contribution in [1.82, 2.24) is 0 Å². The van der Waals surface area contributed by atoms with Crippen molar-refractivity contribution in [2.24, 2.45) is 23.0 Å². The van der Waals surface area contributed by atoms with Gasteiger partial charge in [0.2, 0.25) is 0 Å². The topological polar surface area (TPSA) is 26.0 Å². The van der Waals surface area contributed by atoms with Crippen LogP contribution in [0.4, 0.5) is 0 Å². The van der Waals surface area contributed by atoms with Crippen molar-refractivity contribution in [1.29, 1.82) is 0 Å². The standard InChI is InChI=1S/C13H29N/c1-11(2)6-8-13(4,5)10-12(3)7-9-14/h11-12H,6-10,14H2,1-5H3/t12-/m1/s1. The molecule has 0 radical (unpaired) electrons. The van der Waals surface area contributed by atoms with E-state index in [1.807, 2.05) is 0 Å². The second-order valence-electron chi connectivity index (χ2n) is 5.98. The molecule has 0 aromatic rings. The summed E-state index contributed by atoms with van der Waals surface area (Å²) in [5.41, 5.74) is 6.07. The Kier molecular flexibility index (Phi) is 6.43. The van der Waals surface area contributed by atoms with E-state index in [1.54, 1.807) is 0 Å². The van der Waals surface area contributed by atoms with Gasteiger partial charge in [0.25, 0.3) is 0 Å². The summed E-state index contributed by atoms with van der Waals surface area (Å²) in [4.78, 5) is 0. The molecule has 1 heteroatoms. The van der Waals surface area contributed by atoms with Crippen molar-refractivity contribution in [3.05, 3.63) is 0 Å². The largest absolute Gasteiger partial charge is 0.330 e. The highest BCUT2D eigenvalue weighted by molar-refractivity contribution is 4.72. The van der Waals surface area contributed by atoms with Crippen LogP contribution in [0.5, 0.6) is 0 Å². The number of hydrogen-bond acceptors (Lipinski definition) is 1. The van der Waals surface area contributed by atoms with E-state index in [0.29, 0.717) is 5.41 Å². The van der Waals surface area contributed by atoms with Gasteiger partial charge >= 0.3 is 0 Å². The van der Waals surface area contributed by atoms with Gasteiger partial charge in [0.1, 0.15) is 0 Å². The third-order valence-corrected chi connectivity index (χ3v) is 2.96. The van der Waals surface area contributed by atoms with Gasteiger partial charge in [-0.3, -0.25) is 0 Å². The van der Waals surface area contributed by atoms with Gasteiger partial charge < -0.3 is 5.73 Å². The van der Waals surface area contributed by atoms with Crippen LogP contribution in [0.2, 0.25) is 0 Å². The summed E-state index contributed by atoms with van der Waals surface area (Å²) in [6.45, 7) is 12.6. The number of nitrogens with two attached hydrogens (primary N) is 1. The zero-order chi connectivity index (χ0) is 11.2. The van der Waals surface area contributed by atoms with Gasteiger partial charge in [-0.2, -0.15) is 0 Å². The van der Waals surface area contributed by atoms with Gasteiger partial charge in [-0.05, 0) is 43.1 Å². The molecule has 0 saturated carbocycles. The van der Waals surface area contributed by atoms with Crippen LogP contribution in [0.1, 0.15) is 60.3 Å². The van der Waals surface area contributed by atoms with E-state index in [0.717, 1.165) is 18.4 Å². The number of rotatable bonds is 7. The van der Waals surface area contributed by atoms with E-state index < -0.39 is 0 Å². The molecule has 0 aliphatic carbocycles. The molecule has 0 heterocycles. The molecule has 0 unspecified atom stereocenters. The molecule has 1 nitrogen and oxygen atoms in total. The molecule has 14 heavy (non-hydrogen) atoms. The molecule has 0 saturated heterocycles. The summed E-state index contributed by atoms with van der Waals surface area (Å²) >= 11 is 0. The SMILES string of the molecule is CC(C)CCC(C)(C)C[C@H](C)CCN. The first-order valence-corrected chi connectivity index (χ1v) is 6.07. The second kappa shape index (κ2) is 6.44. The minimum atomic E-state index is 0.499. The lowest BCUT2D eigenvalue weighted by Gasteiger charge is -2.28. The van der Waals surface area contributed by atoms with Crippen LogP contribution < -0.4 is 5.73 Å². The molecule has 86 valence electrons. The van der Waals surface area contributed by atoms with E-state index in [9.17, 15) is 0 Å². The monoisotopic (exact) mass is 199 g/mol. The van der Waals surface area contributed by atoms with Gasteiger partial charge in [-0.15, -0.1) is 0 Å². The third kappa shape index (κ3) is 7.37. The lowest BCUT2D eigenvalue weighted by atomic mass is 9.77. The van der Waals surface area contributed by atoms with Gasteiger partial charge in [0.15, 0.2) is 0 Å². The van der Waals surface area contributed by atoms with E-state index >= 15 is 0 Å². The van der Waals surface area contributed by atoms with Gasteiger partial charge in [0, 0.05) is 0 Å². The van der Waals surface area contributed by atoms with E-state index in [2.05, 4.69) is 34.6 Å². The van der Waals surface area contributed by atoms with Crippen molar-refractivity contribution in [3.8, 4) is 0 Å². The van der Waals surface area contributed by atoms with Crippen LogP contribution in [0.15, 0.2) is 0 Å². The van der Waals surface area contributed by atoms with Crippen LogP contribution in [0.3, 0.4) is 0 Å². The quantitative estimate of drug-likeness (QED) is 0.662. The molecule has 0 rings (SSSR count). The maximum absolute atomic E-state index is 5.57. The Hall–Kier alpha value is -0.0400. The van der Waals surface area contributed by atoms with Crippen molar-refractivity contribution >= 4 is 0 Å². The van der Waals surface area contributed by atoms with Crippen molar-refractivity contribution in [2.45, 2.75) is 60.3 Å². The maximum atomic E-state index is 5.57. The molecule has 0 fully saturated rings. The summed E-state index contributed by atoms with van der Waals surface area (Å²) in [5, 5.41) is 0. The van der Waals surface area contributed by atoms with Crippen molar-refractivity contribution < 1.29 is 0 Å². The Labute approximate surface area is 90.5 Å². The molecule has 1 atom stereocenters. The first-order chi connectivity index (χ1) is 6.37. The molecule has 0 amide bonds. The molecule has 0 bridgehead atoms. The summed E-state index contributed by atoms with van der Waals surface area (Å²) in [6.07, 6.45) is 5.18. The fraction of sp³-hybridized carbons (Fsp3) is 1.00. The number of hydrogen-bond donors (Lipinski definition) is 1.